The lowest BCUT2D eigenvalue weighted by atomic mass is 9.95. The predicted molar refractivity (Wildman–Crippen MR) is 75.8 cm³/mol. The minimum Gasteiger partial charge on any atom is -0.322 e. The van der Waals surface area contributed by atoms with Gasteiger partial charge in [-0.05, 0) is 29.7 Å². The molecule has 0 fully saturated rings. The average Bonchev–Trinajstić information content (AvgIpc) is 2.49. The summed E-state index contributed by atoms with van der Waals surface area (Å²) in [6.45, 7) is 0.658. The SMILES string of the molecule is O=C(Nc1ccccc1F)C1Cc2ccccc2CN1. The Hall–Kier alpha value is -2.20. The number of rotatable bonds is 2. The van der Waals surface area contributed by atoms with Crippen molar-refractivity contribution in [2.45, 2.75) is 19.0 Å². The van der Waals surface area contributed by atoms with Crippen molar-refractivity contribution in [2.75, 3.05) is 5.32 Å². The van der Waals surface area contributed by atoms with Crippen LogP contribution in [0.4, 0.5) is 10.1 Å². The fourth-order valence-electron chi connectivity index (χ4n) is 2.42. The smallest absolute Gasteiger partial charge is 0.241 e. The van der Waals surface area contributed by atoms with Crippen molar-refractivity contribution in [2.24, 2.45) is 0 Å². The van der Waals surface area contributed by atoms with Crippen molar-refractivity contribution < 1.29 is 9.18 Å². The molecule has 3 rings (SSSR count). The quantitative estimate of drug-likeness (QED) is 0.880. The Morgan fingerprint density at radius 2 is 1.80 bits per heavy atom. The summed E-state index contributed by atoms with van der Waals surface area (Å²) in [6.07, 6.45) is 0.621. The van der Waals surface area contributed by atoms with Gasteiger partial charge in [-0.2, -0.15) is 0 Å². The van der Waals surface area contributed by atoms with Crippen molar-refractivity contribution in [3.63, 3.8) is 0 Å². The second-order valence-electron chi connectivity index (χ2n) is 4.88. The summed E-state index contributed by atoms with van der Waals surface area (Å²) < 4.78 is 13.5. The highest BCUT2D eigenvalue weighted by Crippen LogP contribution is 2.18. The first-order valence-corrected chi connectivity index (χ1v) is 6.59. The maximum atomic E-state index is 13.5. The first kappa shape index (κ1) is 12.8. The third-order valence-corrected chi connectivity index (χ3v) is 3.53. The molecule has 2 aromatic carbocycles. The summed E-state index contributed by atoms with van der Waals surface area (Å²) >= 11 is 0. The average molecular weight is 270 g/mol. The largest absolute Gasteiger partial charge is 0.322 e. The van der Waals surface area contributed by atoms with E-state index in [1.165, 1.54) is 17.2 Å². The number of fused-ring (bicyclic) bond motifs is 1. The number of carbonyl (C=O) groups excluding carboxylic acids is 1. The molecule has 1 aliphatic rings. The van der Waals surface area contributed by atoms with E-state index in [-0.39, 0.29) is 17.6 Å². The number of amides is 1. The molecule has 1 atom stereocenters. The Balaban J connectivity index is 1.72. The van der Waals surface area contributed by atoms with Gasteiger partial charge in [0.2, 0.25) is 5.91 Å². The van der Waals surface area contributed by atoms with Crippen LogP contribution >= 0.6 is 0 Å². The van der Waals surface area contributed by atoms with Crippen LogP contribution in [0.25, 0.3) is 0 Å². The maximum absolute atomic E-state index is 13.5. The molecule has 1 aliphatic heterocycles. The van der Waals surface area contributed by atoms with E-state index in [1.54, 1.807) is 18.2 Å². The Morgan fingerprint density at radius 3 is 2.60 bits per heavy atom. The number of halogens is 1. The van der Waals surface area contributed by atoms with Crippen LogP contribution in [0.3, 0.4) is 0 Å². The Bertz CT molecular complexity index is 642. The minimum absolute atomic E-state index is 0.204. The lowest BCUT2D eigenvalue weighted by molar-refractivity contribution is -0.118. The summed E-state index contributed by atoms with van der Waals surface area (Å²) in [5.41, 5.74) is 2.60. The zero-order valence-electron chi connectivity index (χ0n) is 10.9. The first-order chi connectivity index (χ1) is 9.74. The number of hydrogen-bond acceptors (Lipinski definition) is 2. The molecule has 3 nitrogen and oxygen atoms in total. The van der Waals surface area contributed by atoms with Crippen LogP contribution in [0.5, 0.6) is 0 Å². The molecule has 0 spiro atoms. The van der Waals surface area contributed by atoms with Gasteiger partial charge in [-0.3, -0.25) is 4.79 Å². The molecule has 2 N–H and O–H groups in total. The molecule has 102 valence electrons. The third kappa shape index (κ3) is 2.56. The van der Waals surface area contributed by atoms with Crippen LogP contribution in [-0.2, 0) is 17.8 Å². The van der Waals surface area contributed by atoms with Gasteiger partial charge in [0.05, 0.1) is 11.7 Å². The van der Waals surface area contributed by atoms with Gasteiger partial charge in [0.1, 0.15) is 5.82 Å². The van der Waals surface area contributed by atoms with E-state index >= 15 is 0 Å². The van der Waals surface area contributed by atoms with Gasteiger partial charge in [-0.1, -0.05) is 36.4 Å². The van der Waals surface area contributed by atoms with Gasteiger partial charge >= 0.3 is 0 Å². The van der Waals surface area contributed by atoms with Crippen LogP contribution in [0.1, 0.15) is 11.1 Å². The van der Waals surface area contributed by atoms with E-state index in [9.17, 15) is 9.18 Å². The van der Waals surface area contributed by atoms with Gasteiger partial charge in [0, 0.05) is 6.54 Å². The van der Waals surface area contributed by atoms with Gasteiger partial charge < -0.3 is 10.6 Å². The Labute approximate surface area is 116 Å². The van der Waals surface area contributed by atoms with Gasteiger partial charge in [0.15, 0.2) is 0 Å². The van der Waals surface area contributed by atoms with Crippen LogP contribution in [0.2, 0.25) is 0 Å². The van der Waals surface area contributed by atoms with E-state index < -0.39 is 5.82 Å². The van der Waals surface area contributed by atoms with E-state index in [0.717, 1.165) is 0 Å². The van der Waals surface area contributed by atoms with Crippen LogP contribution in [0.15, 0.2) is 48.5 Å². The first-order valence-electron chi connectivity index (χ1n) is 6.59. The highest BCUT2D eigenvalue weighted by atomic mass is 19.1. The zero-order chi connectivity index (χ0) is 13.9. The molecule has 0 aromatic heterocycles. The molecule has 1 heterocycles. The normalized spacial score (nSPS) is 17.4. The zero-order valence-corrected chi connectivity index (χ0v) is 10.9. The molecule has 0 radical (unpaired) electrons. The van der Waals surface area contributed by atoms with Gasteiger partial charge in [-0.15, -0.1) is 0 Å². The van der Waals surface area contributed by atoms with Crippen LogP contribution in [-0.4, -0.2) is 11.9 Å². The molecular weight excluding hydrogens is 255 g/mol. The van der Waals surface area contributed by atoms with Gasteiger partial charge in [-0.25, -0.2) is 4.39 Å². The number of hydrogen-bond donors (Lipinski definition) is 2. The maximum Gasteiger partial charge on any atom is 0.241 e. The number of carbonyl (C=O) groups is 1. The number of nitrogens with one attached hydrogen (secondary N) is 2. The monoisotopic (exact) mass is 270 g/mol. The Morgan fingerprint density at radius 1 is 1.10 bits per heavy atom. The number of para-hydroxylation sites is 1. The fourth-order valence-corrected chi connectivity index (χ4v) is 2.42. The van der Waals surface area contributed by atoms with Crippen molar-refractivity contribution in [3.8, 4) is 0 Å². The second kappa shape index (κ2) is 5.43. The summed E-state index contributed by atoms with van der Waals surface area (Å²) in [5, 5.41) is 5.81. The molecule has 20 heavy (non-hydrogen) atoms. The summed E-state index contributed by atoms with van der Waals surface area (Å²) in [7, 11) is 0. The van der Waals surface area contributed by atoms with E-state index in [0.29, 0.717) is 13.0 Å². The van der Waals surface area contributed by atoms with E-state index in [4.69, 9.17) is 0 Å². The molecule has 0 saturated heterocycles. The predicted octanol–water partition coefficient (Wildman–Crippen LogP) is 2.48. The lowest BCUT2D eigenvalue weighted by Gasteiger charge is -2.25. The Kier molecular flexibility index (Phi) is 3.48. The molecule has 0 aliphatic carbocycles. The molecule has 1 amide bonds. The molecule has 2 aromatic rings. The summed E-state index contributed by atoms with van der Waals surface area (Å²) in [6, 6.07) is 13.9. The molecule has 4 heteroatoms. The number of benzene rings is 2. The number of anilines is 1. The highest BCUT2D eigenvalue weighted by Gasteiger charge is 2.24. The molecular formula is C16H15FN2O. The van der Waals surface area contributed by atoms with Crippen molar-refractivity contribution in [3.05, 3.63) is 65.5 Å². The molecule has 1 unspecified atom stereocenters. The van der Waals surface area contributed by atoms with Crippen molar-refractivity contribution in [1.29, 1.82) is 0 Å². The van der Waals surface area contributed by atoms with E-state index in [2.05, 4.69) is 10.6 Å². The standard InChI is InChI=1S/C16H15FN2O/c17-13-7-3-4-8-14(13)19-16(20)15-9-11-5-1-2-6-12(11)10-18-15/h1-8,15,18H,9-10H2,(H,19,20). The lowest BCUT2D eigenvalue weighted by Crippen LogP contribution is -2.44. The van der Waals surface area contributed by atoms with Crippen LogP contribution in [0, 0.1) is 5.82 Å². The van der Waals surface area contributed by atoms with E-state index in [1.807, 2.05) is 24.3 Å². The molecule has 0 bridgehead atoms. The second-order valence-corrected chi connectivity index (χ2v) is 4.88. The fraction of sp³-hybridized carbons (Fsp3) is 0.188. The summed E-state index contributed by atoms with van der Waals surface area (Å²) in [4.78, 5) is 12.2. The van der Waals surface area contributed by atoms with Crippen molar-refractivity contribution in [1.82, 2.24) is 5.32 Å². The third-order valence-electron chi connectivity index (χ3n) is 3.53. The summed E-state index contributed by atoms with van der Waals surface area (Å²) in [5.74, 6) is -0.623. The van der Waals surface area contributed by atoms with Crippen molar-refractivity contribution >= 4 is 11.6 Å². The van der Waals surface area contributed by atoms with Gasteiger partial charge in [0.25, 0.3) is 0 Å². The van der Waals surface area contributed by atoms with Crippen LogP contribution < -0.4 is 10.6 Å². The molecule has 0 saturated carbocycles. The minimum atomic E-state index is -0.419. The highest BCUT2D eigenvalue weighted by molar-refractivity contribution is 5.95. The topological polar surface area (TPSA) is 41.1 Å².